The molecule has 1 aliphatic heterocycles. The standard InChI is InChI=1S/C28H43BrN4O6/c1-16(2)11-21(26(37)33-14-19(34)13-22(33)27(38)32(8)17(3)4)30-25(36)20-10-9-18(29)12-23(20)39-15-24(35)31-28(5,6)7/h9-10,12,16-17,19,21-22,34H,11,13-15H2,1-8H3,(H,30,36)(H,31,35)/t19-,21+,22+/m0/s1. The number of benzene rings is 1. The van der Waals surface area contributed by atoms with Crippen molar-refractivity contribution in [2.24, 2.45) is 5.92 Å². The number of hydrogen-bond acceptors (Lipinski definition) is 6. The summed E-state index contributed by atoms with van der Waals surface area (Å²) < 4.78 is 6.35. The summed E-state index contributed by atoms with van der Waals surface area (Å²) in [4.78, 5) is 55.5. The Kier molecular flexibility index (Phi) is 11.4. The van der Waals surface area contributed by atoms with Crippen molar-refractivity contribution in [3.05, 3.63) is 28.2 Å². The smallest absolute Gasteiger partial charge is 0.258 e. The Morgan fingerprint density at radius 1 is 1.18 bits per heavy atom. The van der Waals surface area contributed by atoms with Gasteiger partial charge in [-0.2, -0.15) is 0 Å². The summed E-state index contributed by atoms with van der Waals surface area (Å²) in [6, 6.07) is 3.01. The second kappa shape index (κ2) is 13.6. The van der Waals surface area contributed by atoms with Crippen molar-refractivity contribution < 1.29 is 29.0 Å². The predicted octanol–water partition coefficient (Wildman–Crippen LogP) is 2.72. The summed E-state index contributed by atoms with van der Waals surface area (Å²) in [5.74, 6) is -1.31. The van der Waals surface area contributed by atoms with E-state index in [1.165, 1.54) is 4.90 Å². The third-order valence-electron chi connectivity index (χ3n) is 6.34. The number of likely N-dealkylation sites (N-methyl/N-ethyl adjacent to an activating group) is 1. The maximum absolute atomic E-state index is 13.7. The van der Waals surface area contributed by atoms with Gasteiger partial charge in [0.05, 0.1) is 11.7 Å². The van der Waals surface area contributed by atoms with Gasteiger partial charge >= 0.3 is 0 Å². The Balaban J connectivity index is 2.27. The third kappa shape index (κ3) is 9.49. The molecule has 0 saturated carbocycles. The van der Waals surface area contributed by atoms with Crippen LogP contribution in [0.25, 0.3) is 0 Å². The lowest BCUT2D eigenvalue weighted by Gasteiger charge is -2.32. The number of halogens is 1. The van der Waals surface area contributed by atoms with Crippen LogP contribution in [0.2, 0.25) is 0 Å². The van der Waals surface area contributed by atoms with Crippen molar-refractivity contribution in [2.75, 3.05) is 20.2 Å². The molecule has 1 aromatic rings. The van der Waals surface area contributed by atoms with Crippen molar-refractivity contribution in [1.29, 1.82) is 0 Å². The number of amides is 4. The van der Waals surface area contributed by atoms with Crippen LogP contribution < -0.4 is 15.4 Å². The van der Waals surface area contributed by atoms with Gasteiger partial charge in [0.15, 0.2) is 6.61 Å². The molecule has 1 heterocycles. The first-order chi connectivity index (χ1) is 18.0. The number of rotatable bonds is 10. The Hall–Kier alpha value is -2.66. The van der Waals surface area contributed by atoms with Crippen LogP contribution in [0.1, 0.15) is 71.7 Å². The number of aliphatic hydroxyl groups is 1. The zero-order chi connectivity index (χ0) is 29.7. The molecule has 3 atom stereocenters. The molecule has 4 amide bonds. The van der Waals surface area contributed by atoms with E-state index in [4.69, 9.17) is 4.74 Å². The van der Waals surface area contributed by atoms with Gasteiger partial charge in [0.1, 0.15) is 17.8 Å². The fourth-order valence-electron chi connectivity index (χ4n) is 4.31. The highest BCUT2D eigenvalue weighted by Crippen LogP contribution is 2.26. The summed E-state index contributed by atoms with van der Waals surface area (Å²) in [6.07, 6.45) is -0.353. The highest BCUT2D eigenvalue weighted by atomic mass is 79.9. The van der Waals surface area contributed by atoms with E-state index in [0.29, 0.717) is 10.9 Å². The molecule has 3 N–H and O–H groups in total. The van der Waals surface area contributed by atoms with Crippen LogP contribution in [0, 0.1) is 5.92 Å². The molecule has 1 fully saturated rings. The molecule has 0 spiro atoms. The van der Waals surface area contributed by atoms with Crippen LogP contribution in [0.4, 0.5) is 0 Å². The second-order valence-electron chi connectivity index (χ2n) is 11.8. The Morgan fingerprint density at radius 2 is 1.82 bits per heavy atom. The number of nitrogens with one attached hydrogen (secondary N) is 2. The number of carbonyl (C=O) groups excluding carboxylic acids is 4. The highest BCUT2D eigenvalue weighted by Gasteiger charge is 2.43. The first kappa shape index (κ1) is 32.6. The number of β-amino-alcohol motifs (C(OH)–C–C–N with tert-alkyl or cyclic N) is 1. The Morgan fingerprint density at radius 3 is 2.38 bits per heavy atom. The molecule has 0 radical (unpaired) electrons. The molecule has 11 heteroatoms. The highest BCUT2D eigenvalue weighted by molar-refractivity contribution is 9.10. The quantitative estimate of drug-likeness (QED) is 0.374. The van der Waals surface area contributed by atoms with Crippen LogP contribution in [-0.2, 0) is 14.4 Å². The van der Waals surface area contributed by atoms with Gasteiger partial charge in [-0.3, -0.25) is 19.2 Å². The molecule has 0 unspecified atom stereocenters. The largest absolute Gasteiger partial charge is 0.483 e. The average Bonchev–Trinajstić information content (AvgIpc) is 3.20. The first-order valence-corrected chi connectivity index (χ1v) is 14.1. The number of ether oxygens (including phenoxy) is 1. The van der Waals surface area contributed by atoms with Crippen LogP contribution in [0.3, 0.4) is 0 Å². The monoisotopic (exact) mass is 610 g/mol. The molecule has 218 valence electrons. The maximum Gasteiger partial charge on any atom is 0.258 e. The number of aliphatic hydroxyl groups excluding tert-OH is 1. The van der Waals surface area contributed by atoms with Gasteiger partial charge in [-0.05, 0) is 65.2 Å². The second-order valence-corrected chi connectivity index (χ2v) is 12.7. The van der Waals surface area contributed by atoms with E-state index in [1.807, 2.05) is 48.5 Å². The molecule has 1 saturated heterocycles. The molecule has 0 aliphatic carbocycles. The van der Waals surface area contributed by atoms with Crippen molar-refractivity contribution >= 4 is 39.6 Å². The van der Waals surface area contributed by atoms with Gasteiger partial charge in [0.25, 0.3) is 11.8 Å². The van der Waals surface area contributed by atoms with E-state index in [9.17, 15) is 24.3 Å². The van der Waals surface area contributed by atoms with Gasteiger partial charge in [-0.15, -0.1) is 0 Å². The lowest BCUT2D eigenvalue weighted by atomic mass is 10.0. The van der Waals surface area contributed by atoms with E-state index < -0.39 is 35.5 Å². The van der Waals surface area contributed by atoms with Crippen LogP contribution >= 0.6 is 15.9 Å². The van der Waals surface area contributed by atoms with E-state index in [-0.39, 0.29) is 54.7 Å². The van der Waals surface area contributed by atoms with Crippen LogP contribution in [0.5, 0.6) is 5.75 Å². The van der Waals surface area contributed by atoms with Crippen LogP contribution in [0.15, 0.2) is 22.7 Å². The summed E-state index contributed by atoms with van der Waals surface area (Å²) >= 11 is 3.37. The molecule has 1 aliphatic rings. The molecular formula is C28H43BrN4O6. The minimum absolute atomic E-state index is 0.0151. The lowest BCUT2D eigenvalue weighted by molar-refractivity contribution is -0.145. The number of hydrogen-bond donors (Lipinski definition) is 3. The van der Waals surface area contributed by atoms with Gasteiger partial charge in [-0.1, -0.05) is 29.8 Å². The molecule has 0 aromatic heterocycles. The molecule has 2 rings (SSSR count). The zero-order valence-electron chi connectivity index (χ0n) is 24.2. The third-order valence-corrected chi connectivity index (χ3v) is 6.83. The zero-order valence-corrected chi connectivity index (χ0v) is 25.8. The number of nitrogens with zero attached hydrogens (tertiary/aromatic N) is 2. The van der Waals surface area contributed by atoms with Crippen molar-refractivity contribution in [3.63, 3.8) is 0 Å². The summed E-state index contributed by atoms with van der Waals surface area (Å²) in [6.45, 7) is 12.9. The molecule has 10 nitrogen and oxygen atoms in total. The Labute approximate surface area is 239 Å². The normalized spacial score (nSPS) is 18.2. The number of carbonyl (C=O) groups is 4. The SMILES string of the molecule is CC(C)C[C@@H](NC(=O)c1ccc(Br)cc1OCC(=O)NC(C)(C)C)C(=O)N1C[C@@H](O)C[C@@H]1C(=O)N(C)C(C)C. The average molecular weight is 612 g/mol. The van der Waals surface area contributed by atoms with Crippen molar-refractivity contribution in [3.8, 4) is 5.75 Å². The van der Waals surface area contributed by atoms with E-state index in [1.54, 1.807) is 30.1 Å². The summed E-state index contributed by atoms with van der Waals surface area (Å²) in [7, 11) is 1.67. The fraction of sp³-hybridized carbons (Fsp3) is 0.643. The Bertz CT molecular complexity index is 1050. The summed E-state index contributed by atoms with van der Waals surface area (Å²) in [5, 5.41) is 16.0. The predicted molar refractivity (Wildman–Crippen MR) is 152 cm³/mol. The van der Waals surface area contributed by atoms with Gasteiger partial charge in [-0.25, -0.2) is 0 Å². The topological polar surface area (TPSA) is 128 Å². The van der Waals surface area contributed by atoms with E-state index in [2.05, 4.69) is 26.6 Å². The van der Waals surface area contributed by atoms with Gasteiger partial charge in [0, 0.05) is 36.1 Å². The minimum Gasteiger partial charge on any atom is -0.483 e. The molecular weight excluding hydrogens is 568 g/mol. The molecule has 39 heavy (non-hydrogen) atoms. The maximum atomic E-state index is 13.7. The minimum atomic E-state index is -0.928. The number of likely N-dealkylation sites (tertiary alicyclic amines) is 1. The summed E-state index contributed by atoms with van der Waals surface area (Å²) in [5.41, 5.74) is -0.272. The molecule has 1 aromatic carbocycles. The first-order valence-electron chi connectivity index (χ1n) is 13.3. The van der Waals surface area contributed by atoms with Gasteiger partial charge in [0.2, 0.25) is 11.8 Å². The van der Waals surface area contributed by atoms with E-state index in [0.717, 1.165) is 0 Å². The van der Waals surface area contributed by atoms with Crippen LogP contribution in [-0.4, -0.2) is 88.5 Å². The van der Waals surface area contributed by atoms with Crippen molar-refractivity contribution in [1.82, 2.24) is 20.4 Å². The fourth-order valence-corrected chi connectivity index (χ4v) is 4.65. The van der Waals surface area contributed by atoms with Crippen molar-refractivity contribution in [2.45, 2.75) is 91.1 Å². The van der Waals surface area contributed by atoms with Gasteiger partial charge < -0.3 is 30.3 Å². The lowest BCUT2D eigenvalue weighted by Crippen LogP contribution is -2.54. The molecule has 0 bridgehead atoms. The van der Waals surface area contributed by atoms with E-state index >= 15 is 0 Å².